The maximum atomic E-state index is 11.7. The predicted molar refractivity (Wildman–Crippen MR) is 60.6 cm³/mol. The number of aliphatic hydroxyl groups is 1. The van der Waals surface area contributed by atoms with Crippen LogP contribution in [0.2, 0.25) is 0 Å². The Kier molecular flexibility index (Phi) is 3.10. The predicted octanol–water partition coefficient (Wildman–Crippen LogP) is 1.18. The quantitative estimate of drug-likeness (QED) is 0.834. The molecule has 0 saturated heterocycles. The lowest BCUT2D eigenvalue weighted by Gasteiger charge is -2.30. The average Bonchev–Trinajstić information content (AvgIpc) is 2.32. The molecule has 1 aliphatic rings. The molecule has 86 valence electrons. The van der Waals surface area contributed by atoms with E-state index in [1.54, 1.807) is 4.90 Å². The highest BCUT2D eigenvalue weighted by molar-refractivity contribution is 5.97. The van der Waals surface area contributed by atoms with Gasteiger partial charge in [-0.05, 0) is 18.6 Å². The first-order valence-electron chi connectivity index (χ1n) is 5.42. The number of anilines is 1. The fourth-order valence-electron chi connectivity index (χ4n) is 1.69. The number of fused-ring (bicyclic) bond motifs is 1. The molecular formula is C12H15NO3. The van der Waals surface area contributed by atoms with E-state index in [-0.39, 0.29) is 12.5 Å². The van der Waals surface area contributed by atoms with Crippen molar-refractivity contribution in [3.05, 3.63) is 24.3 Å². The molecule has 0 aromatic heterocycles. The van der Waals surface area contributed by atoms with Crippen molar-refractivity contribution in [1.82, 2.24) is 0 Å². The minimum atomic E-state index is -0.491. The topological polar surface area (TPSA) is 49.8 Å². The third kappa shape index (κ3) is 2.02. The molecule has 1 N–H and O–H groups in total. The van der Waals surface area contributed by atoms with Gasteiger partial charge in [0.15, 0.2) is 6.61 Å². The zero-order chi connectivity index (χ0) is 11.5. The van der Waals surface area contributed by atoms with E-state index in [0.29, 0.717) is 18.7 Å². The lowest BCUT2D eigenvalue weighted by Crippen LogP contribution is -2.43. The van der Waals surface area contributed by atoms with Gasteiger partial charge in [0.1, 0.15) is 5.75 Å². The number of ether oxygens (including phenoxy) is 1. The van der Waals surface area contributed by atoms with Crippen LogP contribution in [-0.4, -0.2) is 30.3 Å². The summed E-state index contributed by atoms with van der Waals surface area (Å²) < 4.78 is 5.31. The van der Waals surface area contributed by atoms with Gasteiger partial charge in [0.25, 0.3) is 5.91 Å². The van der Waals surface area contributed by atoms with E-state index < -0.39 is 6.10 Å². The van der Waals surface area contributed by atoms with Crippen LogP contribution < -0.4 is 9.64 Å². The Morgan fingerprint density at radius 2 is 2.25 bits per heavy atom. The molecule has 1 amide bonds. The number of amides is 1. The number of rotatable bonds is 3. The number of aliphatic hydroxyl groups excluding tert-OH is 1. The second-order valence-corrected chi connectivity index (χ2v) is 3.82. The second kappa shape index (κ2) is 4.53. The Labute approximate surface area is 94.4 Å². The van der Waals surface area contributed by atoms with Crippen LogP contribution in [0.25, 0.3) is 0 Å². The van der Waals surface area contributed by atoms with Gasteiger partial charge in [-0.2, -0.15) is 0 Å². The lowest BCUT2D eigenvalue weighted by atomic mass is 10.2. The molecule has 0 bridgehead atoms. The number of carbonyl (C=O) groups is 1. The van der Waals surface area contributed by atoms with Crippen LogP contribution in [0.5, 0.6) is 5.75 Å². The molecule has 1 unspecified atom stereocenters. The zero-order valence-electron chi connectivity index (χ0n) is 9.22. The van der Waals surface area contributed by atoms with Crippen molar-refractivity contribution in [2.75, 3.05) is 18.1 Å². The monoisotopic (exact) mass is 221 g/mol. The van der Waals surface area contributed by atoms with Gasteiger partial charge < -0.3 is 14.7 Å². The summed E-state index contributed by atoms with van der Waals surface area (Å²) in [5.41, 5.74) is 0.742. The van der Waals surface area contributed by atoms with Crippen LogP contribution in [0, 0.1) is 0 Å². The van der Waals surface area contributed by atoms with Crippen molar-refractivity contribution < 1.29 is 14.6 Å². The molecule has 1 aromatic carbocycles. The first-order valence-corrected chi connectivity index (χ1v) is 5.42. The summed E-state index contributed by atoms with van der Waals surface area (Å²) >= 11 is 0. The second-order valence-electron chi connectivity index (χ2n) is 3.82. The fraction of sp³-hybridized carbons (Fsp3) is 0.417. The summed E-state index contributed by atoms with van der Waals surface area (Å²) in [5, 5.41) is 9.62. The smallest absolute Gasteiger partial charge is 0.265 e. The summed E-state index contributed by atoms with van der Waals surface area (Å²) in [6, 6.07) is 7.37. The lowest BCUT2D eigenvalue weighted by molar-refractivity contribution is -0.121. The number of para-hydroxylation sites is 2. The third-order valence-corrected chi connectivity index (χ3v) is 2.67. The van der Waals surface area contributed by atoms with E-state index in [4.69, 9.17) is 4.74 Å². The van der Waals surface area contributed by atoms with Crippen molar-refractivity contribution in [1.29, 1.82) is 0 Å². The van der Waals surface area contributed by atoms with E-state index in [1.807, 2.05) is 31.2 Å². The Bertz CT molecular complexity index is 392. The van der Waals surface area contributed by atoms with Crippen molar-refractivity contribution in [3.63, 3.8) is 0 Å². The van der Waals surface area contributed by atoms with Gasteiger partial charge in [-0.1, -0.05) is 19.1 Å². The molecule has 0 fully saturated rings. The number of benzene rings is 1. The van der Waals surface area contributed by atoms with Gasteiger partial charge in [0, 0.05) is 0 Å². The molecule has 0 aliphatic carbocycles. The highest BCUT2D eigenvalue weighted by atomic mass is 16.5. The average molecular weight is 221 g/mol. The Morgan fingerprint density at radius 1 is 1.50 bits per heavy atom. The summed E-state index contributed by atoms with van der Waals surface area (Å²) in [6.45, 7) is 2.27. The van der Waals surface area contributed by atoms with Crippen molar-refractivity contribution in [3.8, 4) is 5.75 Å². The number of hydrogen-bond acceptors (Lipinski definition) is 3. The number of β-amino-alcohol motifs (C(OH)–C–C–N with tert-alkyl or cyclic N) is 1. The van der Waals surface area contributed by atoms with Gasteiger partial charge in [-0.15, -0.1) is 0 Å². The summed E-state index contributed by atoms with van der Waals surface area (Å²) in [4.78, 5) is 13.3. The van der Waals surface area contributed by atoms with Gasteiger partial charge in [-0.3, -0.25) is 4.79 Å². The molecule has 1 aromatic rings. The molecule has 4 heteroatoms. The molecule has 1 atom stereocenters. The molecule has 16 heavy (non-hydrogen) atoms. The molecule has 0 spiro atoms. The highest BCUT2D eigenvalue weighted by Gasteiger charge is 2.26. The van der Waals surface area contributed by atoms with Gasteiger partial charge in [0.05, 0.1) is 18.3 Å². The Balaban J connectivity index is 2.26. The van der Waals surface area contributed by atoms with Crippen LogP contribution in [0.3, 0.4) is 0 Å². The molecule has 0 radical (unpaired) electrons. The molecule has 2 rings (SSSR count). The van der Waals surface area contributed by atoms with Crippen molar-refractivity contribution in [2.45, 2.75) is 19.4 Å². The minimum absolute atomic E-state index is 0.0491. The largest absolute Gasteiger partial charge is 0.482 e. The minimum Gasteiger partial charge on any atom is -0.482 e. The van der Waals surface area contributed by atoms with E-state index in [1.165, 1.54) is 0 Å². The SMILES string of the molecule is CCC(O)CN1C(=O)COc2ccccc21. The maximum Gasteiger partial charge on any atom is 0.265 e. The normalized spacial score (nSPS) is 16.6. The summed E-state index contributed by atoms with van der Waals surface area (Å²) in [7, 11) is 0. The molecular weight excluding hydrogens is 206 g/mol. The Hall–Kier alpha value is -1.55. The number of nitrogens with zero attached hydrogens (tertiary/aromatic N) is 1. The number of hydrogen-bond donors (Lipinski definition) is 1. The number of carbonyl (C=O) groups excluding carboxylic acids is 1. The molecule has 1 heterocycles. The van der Waals surface area contributed by atoms with Crippen LogP contribution >= 0.6 is 0 Å². The molecule has 4 nitrogen and oxygen atoms in total. The summed E-state index contributed by atoms with van der Waals surface area (Å²) in [5.74, 6) is 0.594. The van der Waals surface area contributed by atoms with E-state index in [9.17, 15) is 9.90 Å². The van der Waals surface area contributed by atoms with Crippen molar-refractivity contribution >= 4 is 11.6 Å². The van der Waals surface area contributed by atoms with Crippen molar-refractivity contribution in [2.24, 2.45) is 0 Å². The van der Waals surface area contributed by atoms with Gasteiger partial charge in [-0.25, -0.2) is 0 Å². The van der Waals surface area contributed by atoms with Crippen LogP contribution in [-0.2, 0) is 4.79 Å². The van der Waals surface area contributed by atoms with E-state index in [2.05, 4.69) is 0 Å². The highest BCUT2D eigenvalue weighted by Crippen LogP contribution is 2.31. The summed E-state index contributed by atoms with van der Waals surface area (Å²) in [6.07, 6.45) is 0.141. The van der Waals surface area contributed by atoms with Crippen LogP contribution in [0.15, 0.2) is 24.3 Å². The van der Waals surface area contributed by atoms with Crippen LogP contribution in [0.1, 0.15) is 13.3 Å². The Morgan fingerprint density at radius 3 is 3.00 bits per heavy atom. The molecule has 1 aliphatic heterocycles. The zero-order valence-corrected chi connectivity index (χ0v) is 9.22. The molecule has 0 saturated carbocycles. The third-order valence-electron chi connectivity index (χ3n) is 2.67. The van der Waals surface area contributed by atoms with E-state index >= 15 is 0 Å². The first-order chi connectivity index (χ1) is 7.72. The first kappa shape index (κ1) is 11.0. The van der Waals surface area contributed by atoms with Gasteiger partial charge in [0.2, 0.25) is 0 Å². The maximum absolute atomic E-state index is 11.7. The van der Waals surface area contributed by atoms with Crippen LogP contribution in [0.4, 0.5) is 5.69 Å². The fourth-order valence-corrected chi connectivity index (χ4v) is 1.69. The van der Waals surface area contributed by atoms with Gasteiger partial charge >= 0.3 is 0 Å². The van der Waals surface area contributed by atoms with E-state index in [0.717, 1.165) is 5.69 Å². The standard InChI is InChI=1S/C12H15NO3/c1-2-9(14)7-13-10-5-3-4-6-11(10)16-8-12(13)15/h3-6,9,14H,2,7-8H2,1H3.